The Bertz CT molecular complexity index is 373. The Kier molecular flexibility index (Phi) is 10.6. The molecule has 0 saturated carbocycles. The van der Waals surface area contributed by atoms with Gasteiger partial charge in [-0.15, -0.1) is 0 Å². The van der Waals surface area contributed by atoms with Crippen molar-refractivity contribution in [2.24, 2.45) is 0 Å². The molecule has 0 atom stereocenters. The van der Waals surface area contributed by atoms with Gasteiger partial charge in [0.1, 0.15) is 0 Å². The second kappa shape index (κ2) is 12.3. The van der Waals surface area contributed by atoms with E-state index in [9.17, 15) is 0 Å². The first-order valence-corrected chi connectivity index (χ1v) is 8.95. The van der Waals surface area contributed by atoms with Gasteiger partial charge in [0.15, 0.2) is 0 Å². The molecule has 126 valence electrons. The zero-order chi connectivity index (χ0) is 16.0. The van der Waals surface area contributed by atoms with Crippen LogP contribution in [0.4, 0.5) is 11.4 Å². The van der Waals surface area contributed by atoms with E-state index in [4.69, 9.17) is 16.2 Å². The SMILES string of the molecule is CCCCCCCCCCCCOCc1cc(N)cc(N)c1. The van der Waals surface area contributed by atoms with Crippen LogP contribution in [0.25, 0.3) is 0 Å². The molecule has 0 saturated heterocycles. The molecule has 1 rings (SSSR count). The average Bonchev–Trinajstić information content (AvgIpc) is 2.47. The van der Waals surface area contributed by atoms with Crippen LogP contribution in [0, 0.1) is 0 Å². The first-order chi connectivity index (χ1) is 10.7. The number of nitrogen functional groups attached to an aromatic ring is 2. The molecule has 3 heteroatoms. The monoisotopic (exact) mass is 306 g/mol. The van der Waals surface area contributed by atoms with E-state index in [0.29, 0.717) is 18.0 Å². The fourth-order valence-corrected chi connectivity index (χ4v) is 2.71. The van der Waals surface area contributed by atoms with E-state index in [-0.39, 0.29) is 0 Å². The first-order valence-electron chi connectivity index (χ1n) is 8.95. The number of anilines is 2. The molecule has 0 bridgehead atoms. The van der Waals surface area contributed by atoms with E-state index >= 15 is 0 Å². The van der Waals surface area contributed by atoms with E-state index in [1.807, 2.05) is 12.1 Å². The van der Waals surface area contributed by atoms with E-state index in [1.54, 1.807) is 6.07 Å². The molecule has 0 fully saturated rings. The van der Waals surface area contributed by atoms with Crippen LogP contribution in [-0.4, -0.2) is 6.61 Å². The smallest absolute Gasteiger partial charge is 0.0718 e. The summed E-state index contributed by atoms with van der Waals surface area (Å²) in [5.74, 6) is 0. The molecule has 0 aliphatic heterocycles. The lowest BCUT2D eigenvalue weighted by Gasteiger charge is -2.07. The maximum absolute atomic E-state index is 5.76. The van der Waals surface area contributed by atoms with Gasteiger partial charge in [0.25, 0.3) is 0 Å². The number of nitrogens with two attached hydrogens (primary N) is 2. The number of benzene rings is 1. The molecule has 0 radical (unpaired) electrons. The third-order valence-corrected chi connectivity index (χ3v) is 3.95. The van der Waals surface area contributed by atoms with Gasteiger partial charge < -0.3 is 16.2 Å². The van der Waals surface area contributed by atoms with Gasteiger partial charge in [-0.1, -0.05) is 64.7 Å². The van der Waals surface area contributed by atoms with Crippen molar-refractivity contribution in [2.75, 3.05) is 18.1 Å². The molecule has 22 heavy (non-hydrogen) atoms. The molecule has 0 aromatic heterocycles. The molecule has 1 aromatic carbocycles. The molecule has 0 amide bonds. The maximum Gasteiger partial charge on any atom is 0.0718 e. The molecular formula is C19H34N2O. The number of ether oxygens (including phenoxy) is 1. The van der Waals surface area contributed by atoms with Crippen molar-refractivity contribution in [1.82, 2.24) is 0 Å². The molecule has 0 aliphatic carbocycles. The van der Waals surface area contributed by atoms with Crippen molar-refractivity contribution in [2.45, 2.75) is 77.7 Å². The highest BCUT2D eigenvalue weighted by molar-refractivity contribution is 5.54. The number of hydrogen-bond acceptors (Lipinski definition) is 3. The fourth-order valence-electron chi connectivity index (χ4n) is 2.71. The quantitative estimate of drug-likeness (QED) is 0.384. The Morgan fingerprint density at radius 2 is 1.23 bits per heavy atom. The van der Waals surface area contributed by atoms with Crippen LogP contribution in [0.1, 0.15) is 76.7 Å². The number of unbranched alkanes of at least 4 members (excludes halogenated alkanes) is 9. The highest BCUT2D eigenvalue weighted by atomic mass is 16.5. The third-order valence-electron chi connectivity index (χ3n) is 3.95. The predicted molar refractivity (Wildman–Crippen MR) is 96.8 cm³/mol. The summed E-state index contributed by atoms with van der Waals surface area (Å²) in [6, 6.07) is 5.62. The molecule has 0 unspecified atom stereocenters. The molecule has 0 aliphatic rings. The van der Waals surface area contributed by atoms with Gasteiger partial charge in [-0.25, -0.2) is 0 Å². The lowest BCUT2D eigenvalue weighted by molar-refractivity contribution is 0.117. The van der Waals surface area contributed by atoms with Gasteiger partial charge in [0.05, 0.1) is 6.61 Å². The normalized spacial score (nSPS) is 11.0. The molecule has 0 heterocycles. The summed E-state index contributed by atoms with van der Waals surface area (Å²) in [6.07, 6.45) is 13.5. The van der Waals surface area contributed by atoms with Crippen LogP contribution >= 0.6 is 0 Å². The number of rotatable bonds is 13. The molecular weight excluding hydrogens is 272 g/mol. The third kappa shape index (κ3) is 9.67. The second-order valence-corrected chi connectivity index (χ2v) is 6.24. The van der Waals surface area contributed by atoms with Gasteiger partial charge in [0.2, 0.25) is 0 Å². The second-order valence-electron chi connectivity index (χ2n) is 6.24. The minimum atomic E-state index is 0.604. The predicted octanol–water partition coefficient (Wildman–Crippen LogP) is 5.29. The summed E-state index contributed by atoms with van der Waals surface area (Å²) in [5, 5.41) is 0. The molecule has 0 spiro atoms. The summed E-state index contributed by atoms with van der Waals surface area (Å²) >= 11 is 0. The van der Waals surface area contributed by atoms with Crippen molar-refractivity contribution in [3.8, 4) is 0 Å². The van der Waals surface area contributed by atoms with Crippen molar-refractivity contribution in [3.63, 3.8) is 0 Å². The summed E-state index contributed by atoms with van der Waals surface area (Å²) < 4.78 is 5.69. The summed E-state index contributed by atoms with van der Waals surface area (Å²) in [6.45, 7) is 3.70. The highest BCUT2D eigenvalue weighted by Gasteiger charge is 1.98. The Morgan fingerprint density at radius 1 is 0.727 bits per heavy atom. The number of hydrogen-bond donors (Lipinski definition) is 2. The van der Waals surface area contributed by atoms with Crippen LogP contribution in [0.15, 0.2) is 18.2 Å². The highest BCUT2D eigenvalue weighted by Crippen LogP contribution is 2.15. The van der Waals surface area contributed by atoms with Crippen LogP contribution in [0.5, 0.6) is 0 Å². The fraction of sp³-hybridized carbons (Fsp3) is 0.684. The Hall–Kier alpha value is -1.22. The minimum Gasteiger partial charge on any atom is -0.399 e. The summed E-state index contributed by atoms with van der Waals surface area (Å²) in [7, 11) is 0. The van der Waals surface area contributed by atoms with Crippen molar-refractivity contribution >= 4 is 11.4 Å². The van der Waals surface area contributed by atoms with E-state index in [1.165, 1.54) is 57.8 Å². The van der Waals surface area contributed by atoms with E-state index in [0.717, 1.165) is 18.6 Å². The Labute approximate surface area is 136 Å². The van der Waals surface area contributed by atoms with Crippen molar-refractivity contribution < 1.29 is 4.74 Å². The van der Waals surface area contributed by atoms with E-state index < -0.39 is 0 Å². The molecule has 1 aromatic rings. The zero-order valence-electron chi connectivity index (χ0n) is 14.3. The van der Waals surface area contributed by atoms with Gasteiger partial charge in [-0.3, -0.25) is 0 Å². The summed E-state index contributed by atoms with van der Waals surface area (Å²) in [4.78, 5) is 0. The Balaban J connectivity index is 1.89. The van der Waals surface area contributed by atoms with Gasteiger partial charge >= 0.3 is 0 Å². The van der Waals surface area contributed by atoms with Crippen molar-refractivity contribution in [1.29, 1.82) is 0 Å². The standard InChI is InChI=1S/C19H34N2O/c1-2-3-4-5-6-7-8-9-10-11-12-22-16-17-13-18(20)15-19(21)14-17/h13-15H,2-12,16,20-21H2,1H3. The van der Waals surface area contributed by atoms with Crippen molar-refractivity contribution in [3.05, 3.63) is 23.8 Å². The summed E-state index contributed by atoms with van der Waals surface area (Å²) in [5.41, 5.74) is 14.0. The van der Waals surface area contributed by atoms with Gasteiger partial charge in [0, 0.05) is 18.0 Å². The Morgan fingerprint density at radius 3 is 1.77 bits per heavy atom. The minimum absolute atomic E-state index is 0.604. The van der Waals surface area contributed by atoms with Gasteiger partial charge in [-0.2, -0.15) is 0 Å². The lowest BCUT2D eigenvalue weighted by Crippen LogP contribution is -1.98. The van der Waals surface area contributed by atoms with Crippen LogP contribution in [0.2, 0.25) is 0 Å². The van der Waals surface area contributed by atoms with Crippen LogP contribution in [0.3, 0.4) is 0 Å². The van der Waals surface area contributed by atoms with Crippen LogP contribution < -0.4 is 11.5 Å². The topological polar surface area (TPSA) is 61.3 Å². The molecule has 3 nitrogen and oxygen atoms in total. The van der Waals surface area contributed by atoms with Crippen LogP contribution in [-0.2, 0) is 11.3 Å². The van der Waals surface area contributed by atoms with Gasteiger partial charge in [-0.05, 0) is 30.2 Å². The lowest BCUT2D eigenvalue weighted by atomic mass is 10.1. The first kappa shape index (κ1) is 18.8. The average molecular weight is 306 g/mol. The maximum atomic E-state index is 5.76. The zero-order valence-corrected chi connectivity index (χ0v) is 14.3. The molecule has 4 N–H and O–H groups in total. The largest absolute Gasteiger partial charge is 0.399 e. The van der Waals surface area contributed by atoms with E-state index in [2.05, 4.69) is 6.92 Å².